The first-order valence-corrected chi connectivity index (χ1v) is 5.30. The summed E-state index contributed by atoms with van der Waals surface area (Å²) in [5, 5.41) is 0.228. The lowest BCUT2D eigenvalue weighted by Gasteiger charge is -2.07. The minimum absolute atomic E-state index is 0.133. The molecule has 1 rings (SSSR count). The first kappa shape index (κ1) is 12.1. The number of hydrogen-bond acceptors (Lipinski definition) is 2. The maximum atomic E-state index is 13.2. The molecule has 1 aromatic carbocycles. The summed E-state index contributed by atoms with van der Waals surface area (Å²) in [6, 6.07) is 1.92. The molecule has 82 valence electrons. The van der Waals surface area contributed by atoms with E-state index in [1.807, 2.05) is 0 Å². The van der Waals surface area contributed by atoms with Crippen LogP contribution in [0.1, 0.15) is 11.1 Å². The monoisotopic (exact) mass is 278 g/mol. The number of rotatable bonds is 3. The van der Waals surface area contributed by atoms with Crippen LogP contribution in [0.4, 0.5) is 8.78 Å². The first-order chi connectivity index (χ1) is 7.08. The minimum atomic E-state index is -0.698. The molecule has 0 aliphatic carbocycles. The maximum absolute atomic E-state index is 13.2. The standard InChI is InChI=1S/C10H9BrF2O2/c1-15-10(14)3-6-2-7(12)4-9(13)8(6)5-11/h2,4H,3,5H2,1H3. The normalized spacial score (nSPS) is 10.1. The van der Waals surface area contributed by atoms with Crippen LogP contribution in [0.25, 0.3) is 0 Å². The van der Waals surface area contributed by atoms with Gasteiger partial charge in [-0.25, -0.2) is 8.78 Å². The maximum Gasteiger partial charge on any atom is 0.309 e. The third kappa shape index (κ3) is 2.99. The topological polar surface area (TPSA) is 26.3 Å². The summed E-state index contributed by atoms with van der Waals surface area (Å²) in [4.78, 5) is 11.0. The van der Waals surface area contributed by atoms with Gasteiger partial charge >= 0.3 is 5.97 Å². The molecule has 1 aromatic rings. The van der Waals surface area contributed by atoms with Crippen LogP contribution < -0.4 is 0 Å². The van der Waals surface area contributed by atoms with Crippen molar-refractivity contribution in [1.82, 2.24) is 0 Å². The Morgan fingerprint density at radius 2 is 2.13 bits per heavy atom. The van der Waals surface area contributed by atoms with Crippen LogP contribution in [0.2, 0.25) is 0 Å². The molecule has 0 amide bonds. The van der Waals surface area contributed by atoms with Crippen LogP contribution in [-0.4, -0.2) is 13.1 Å². The zero-order valence-corrected chi connectivity index (χ0v) is 9.61. The molecule has 0 heterocycles. The number of halogens is 3. The summed E-state index contributed by atoms with van der Waals surface area (Å²) in [6.07, 6.45) is -0.133. The van der Waals surface area contributed by atoms with Gasteiger partial charge in [-0.15, -0.1) is 0 Å². The molecule has 0 fully saturated rings. The molecule has 15 heavy (non-hydrogen) atoms. The molecular formula is C10H9BrF2O2. The van der Waals surface area contributed by atoms with Gasteiger partial charge in [0, 0.05) is 17.0 Å². The Bertz CT molecular complexity index is 380. The summed E-state index contributed by atoms with van der Waals surface area (Å²) < 4.78 is 30.6. The summed E-state index contributed by atoms with van der Waals surface area (Å²) in [6.45, 7) is 0. The third-order valence-corrected chi connectivity index (χ3v) is 2.51. The van der Waals surface area contributed by atoms with Crippen LogP contribution >= 0.6 is 15.9 Å². The van der Waals surface area contributed by atoms with Crippen molar-refractivity contribution in [1.29, 1.82) is 0 Å². The van der Waals surface area contributed by atoms with Gasteiger partial charge in [0.05, 0.1) is 13.5 Å². The van der Waals surface area contributed by atoms with Crippen LogP contribution in [0, 0.1) is 11.6 Å². The number of ether oxygens (including phenoxy) is 1. The van der Waals surface area contributed by atoms with Gasteiger partial charge in [-0.3, -0.25) is 4.79 Å². The fraction of sp³-hybridized carbons (Fsp3) is 0.300. The predicted octanol–water partition coefficient (Wildman–Crippen LogP) is 2.58. The van der Waals surface area contributed by atoms with E-state index in [9.17, 15) is 13.6 Å². The first-order valence-electron chi connectivity index (χ1n) is 4.18. The molecular weight excluding hydrogens is 270 g/mol. The second kappa shape index (κ2) is 5.21. The summed E-state index contributed by atoms with van der Waals surface area (Å²) in [5.74, 6) is -1.89. The second-order valence-corrected chi connectivity index (χ2v) is 3.47. The van der Waals surface area contributed by atoms with Crippen molar-refractivity contribution in [3.63, 3.8) is 0 Å². The molecule has 0 spiro atoms. The van der Waals surface area contributed by atoms with E-state index >= 15 is 0 Å². The van der Waals surface area contributed by atoms with Gasteiger partial charge in [-0.2, -0.15) is 0 Å². The van der Waals surface area contributed by atoms with Crippen molar-refractivity contribution < 1.29 is 18.3 Å². The van der Waals surface area contributed by atoms with Gasteiger partial charge in [-0.1, -0.05) is 15.9 Å². The van der Waals surface area contributed by atoms with E-state index < -0.39 is 17.6 Å². The fourth-order valence-corrected chi connectivity index (χ4v) is 1.82. The van der Waals surface area contributed by atoms with E-state index in [2.05, 4.69) is 20.7 Å². The highest BCUT2D eigenvalue weighted by atomic mass is 79.9. The van der Waals surface area contributed by atoms with E-state index in [1.165, 1.54) is 7.11 Å². The Kier molecular flexibility index (Phi) is 4.20. The van der Waals surface area contributed by atoms with E-state index in [1.54, 1.807) is 0 Å². The van der Waals surface area contributed by atoms with Crippen molar-refractivity contribution >= 4 is 21.9 Å². The number of esters is 1. The van der Waals surface area contributed by atoms with Crippen LogP contribution in [-0.2, 0) is 21.3 Å². The number of hydrogen-bond donors (Lipinski definition) is 0. The van der Waals surface area contributed by atoms with Crippen LogP contribution in [0.5, 0.6) is 0 Å². The fourth-order valence-electron chi connectivity index (χ4n) is 1.19. The lowest BCUT2D eigenvalue weighted by atomic mass is 10.1. The molecule has 0 N–H and O–H groups in total. The smallest absolute Gasteiger partial charge is 0.309 e. The molecule has 0 aromatic heterocycles. The zero-order valence-electron chi connectivity index (χ0n) is 8.02. The van der Waals surface area contributed by atoms with Crippen molar-refractivity contribution in [2.24, 2.45) is 0 Å². The van der Waals surface area contributed by atoms with Gasteiger partial charge < -0.3 is 4.74 Å². The number of benzene rings is 1. The lowest BCUT2D eigenvalue weighted by Crippen LogP contribution is -2.08. The second-order valence-electron chi connectivity index (χ2n) is 2.91. The summed E-state index contributed by atoms with van der Waals surface area (Å²) in [5.41, 5.74) is 0.582. The molecule has 0 atom stereocenters. The molecule has 5 heteroatoms. The summed E-state index contributed by atoms with van der Waals surface area (Å²) in [7, 11) is 1.23. The third-order valence-electron chi connectivity index (χ3n) is 1.95. The van der Waals surface area contributed by atoms with Gasteiger partial charge in [0.2, 0.25) is 0 Å². The number of methoxy groups -OCH3 is 1. The highest BCUT2D eigenvalue weighted by Gasteiger charge is 2.13. The largest absolute Gasteiger partial charge is 0.469 e. The average molecular weight is 279 g/mol. The quantitative estimate of drug-likeness (QED) is 0.628. The van der Waals surface area contributed by atoms with Crippen molar-refractivity contribution in [3.8, 4) is 0 Å². The molecule has 0 saturated heterocycles. The van der Waals surface area contributed by atoms with Crippen molar-refractivity contribution in [2.75, 3.05) is 7.11 Å². The van der Waals surface area contributed by atoms with E-state index in [-0.39, 0.29) is 17.3 Å². The number of carbonyl (C=O) groups excluding carboxylic acids is 1. The SMILES string of the molecule is COC(=O)Cc1cc(F)cc(F)c1CBr. The Hall–Kier alpha value is -0.970. The molecule has 2 nitrogen and oxygen atoms in total. The van der Waals surface area contributed by atoms with Crippen LogP contribution in [0.3, 0.4) is 0 Å². The number of carbonyl (C=O) groups is 1. The Morgan fingerprint density at radius 3 is 2.67 bits per heavy atom. The molecule has 0 saturated carbocycles. The van der Waals surface area contributed by atoms with Crippen LogP contribution in [0.15, 0.2) is 12.1 Å². The van der Waals surface area contributed by atoms with E-state index in [0.29, 0.717) is 5.56 Å². The lowest BCUT2D eigenvalue weighted by molar-refractivity contribution is -0.139. The average Bonchev–Trinajstić information content (AvgIpc) is 2.17. The van der Waals surface area contributed by atoms with Gasteiger partial charge in [0.25, 0.3) is 0 Å². The van der Waals surface area contributed by atoms with Crippen molar-refractivity contribution in [2.45, 2.75) is 11.8 Å². The van der Waals surface area contributed by atoms with Crippen molar-refractivity contribution in [3.05, 3.63) is 34.9 Å². The Labute approximate surface area is 94.4 Å². The predicted molar refractivity (Wildman–Crippen MR) is 54.7 cm³/mol. The molecule has 0 aliphatic heterocycles. The molecule has 0 radical (unpaired) electrons. The molecule has 0 unspecified atom stereocenters. The zero-order chi connectivity index (χ0) is 11.4. The highest BCUT2D eigenvalue weighted by molar-refractivity contribution is 9.08. The summed E-state index contributed by atoms with van der Waals surface area (Å²) >= 11 is 3.08. The number of alkyl halides is 1. The Balaban J connectivity index is 3.09. The minimum Gasteiger partial charge on any atom is -0.469 e. The Morgan fingerprint density at radius 1 is 1.47 bits per heavy atom. The van der Waals surface area contributed by atoms with E-state index in [0.717, 1.165) is 12.1 Å². The van der Waals surface area contributed by atoms with Gasteiger partial charge in [0.15, 0.2) is 0 Å². The molecule has 0 bridgehead atoms. The van der Waals surface area contributed by atoms with Gasteiger partial charge in [0.1, 0.15) is 11.6 Å². The molecule has 0 aliphatic rings. The highest BCUT2D eigenvalue weighted by Crippen LogP contribution is 2.19. The van der Waals surface area contributed by atoms with Gasteiger partial charge in [-0.05, 0) is 11.6 Å². The van der Waals surface area contributed by atoms with E-state index in [4.69, 9.17) is 0 Å².